The first-order valence-corrected chi connectivity index (χ1v) is 6.55. The van der Waals surface area contributed by atoms with Gasteiger partial charge in [-0.25, -0.2) is 0 Å². The van der Waals surface area contributed by atoms with Crippen LogP contribution in [0.5, 0.6) is 0 Å². The van der Waals surface area contributed by atoms with Gasteiger partial charge < -0.3 is 16.2 Å². The van der Waals surface area contributed by atoms with Crippen molar-refractivity contribution >= 4 is 17.3 Å². The van der Waals surface area contributed by atoms with Crippen LogP contribution in [-0.4, -0.2) is 41.1 Å². The lowest BCUT2D eigenvalue weighted by Gasteiger charge is -2.18. The second kappa shape index (κ2) is 5.59. The molecule has 1 fully saturated rings. The summed E-state index contributed by atoms with van der Waals surface area (Å²) in [6.07, 6.45) is 1.20. The van der Waals surface area contributed by atoms with Crippen molar-refractivity contribution in [2.45, 2.75) is 25.4 Å². The summed E-state index contributed by atoms with van der Waals surface area (Å²) in [5.41, 5.74) is 6.41. The van der Waals surface area contributed by atoms with Gasteiger partial charge in [-0.05, 0) is 37.6 Å². The van der Waals surface area contributed by atoms with Gasteiger partial charge >= 0.3 is 0 Å². The van der Waals surface area contributed by atoms with E-state index in [1.165, 1.54) is 0 Å². The number of carbonyl (C=O) groups is 1. The Hall–Kier alpha value is -1.59. The quantitative estimate of drug-likeness (QED) is 0.710. The Morgan fingerprint density at radius 3 is 2.74 bits per heavy atom. The molecule has 5 heteroatoms. The average molecular weight is 263 g/mol. The van der Waals surface area contributed by atoms with Crippen molar-refractivity contribution in [3.05, 3.63) is 24.3 Å². The van der Waals surface area contributed by atoms with Gasteiger partial charge in [0.1, 0.15) is 0 Å². The first-order chi connectivity index (χ1) is 8.94. The standard InChI is InChI=1S/C14H21N3O2/c1-14(19)7-9-17(10-14)8-6-13(18)16-12-4-2-11(15)3-5-12/h2-5,19H,6-10,15H2,1H3,(H,16,18). The fourth-order valence-electron chi connectivity index (χ4n) is 2.28. The van der Waals surface area contributed by atoms with Crippen LogP contribution in [0.3, 0.4) is 0 Å². The summed E-state index contributed by atoms with van der Waals surface area (Å²) in [6, 6.07) is 7.09. The molecule has 1 amide bonds. The Morgan fingerprint density at radius 2 is 2.16 bits per heavy atom. The number of carbonyl (C=O) groups excluding carboxylic acids is 1. The van der Waals surface area contributed by atoms with E-state index in [1.54, 1.807) is 24.3 Å². The SMILES string of the molecule is CC1(O)CCN(CCC(=O)Nc2ccc(N)cc2)C1. The van der Waals surface area contributed by atoms with Gasteiger partial charge in [0.05, 0.1) is 5.60 Å². The number of anilines is 2. The van der Waals surface area contributed by atoms with E-state index in [1.807, 2.05) is 6.92 Å². The van der Waals surface area contributed by atoms with Crippen molar-refractivity contribution in [1.29, 1.82) is 0 Å². The predicted octanol–water partition coefficient (Wildman–Crippen LogP) is 1.05. The minimum atomic E-state index is -0.604. The van der Waals surface area contributed by atoms with Crippen molar-refractivity contribution in [2.75, 3.05) is 30.7 Å². The Morgan fingerprint density at radius 1 is 1.47 bits per heavy atom. The molecule has 104 valence electrons. The van der Waals surface area contributed by atoms with Gasteiger partial charge in [0.2, 0.25) is 5.91 Å². The molecule has 0 bridgehead atoms. The van der Waals surface area contributed by atoms with E-state index in [9.17, 15) is 9.90 Å². The minimum absolute atomic E-state index is 0.0173. The summed E-state index contributed by atoms with van der Waals surface area (Å²) in [5.74, 6) is -0.0173. The maximum atomic E-state index is 11.8. The zero-order chi connectivity index (χ0) is 13.9. The lowest BCUT2D eigenvalue weighted by Crippen LogP contribution is -2.31. The summed E-state index contributed by atoms with van der Waals surface area (Å²) in [6.45, 7) is 4.00. The van der Waals surface area contributed by atoms with Gasteiger partial charge in [0.15, 0.2) is 0 Å². The van der Waals surface area contributed by atoms with Crippen molar-refractivity contribution in [2.24, 2.45) is 0 Å². The van der Waals surface area contributed by atoms with Gasteiger partial charge in [-0.1, -0.05) is 0 Å². The van der Waals surface area contributed by atoms with E-state index >= 15 is 0 Å². The monoisotopic (exact) mass is 263 g/mol. The number of nitrogens with two attached hydrogens (primary N) is 1. The number of rotatable bonds is 4. The van der Waals surface area contributed by atoms with Crippen molar-refractivity contribution in [1.82, 2.24) is 4.90 Å². The van der Waals surface area contributed by atoms with Crippen LogP contribution in [0.1, 0.15) is 19.8 Å². The van der Waals surface area contributed by atoms with Gasteiger partial charge in [0.25, 0.3) is 0 Å². The lowest BCUT2D eigenvalue weighted by molar-refractivity contribution is -0.116. The number of amides is 1. The molecule has 1 aromatic carbocycles. The van der Waals surface area contributed by atoms with Crippen molar-refractivity contribution in [3.8, 4) is 0 Å². The number of benzene rings is 1. The molecule has 1 atom stereocenters. The molecule has 0 aliphatic carbocycles. The molecule has 1 aromatic rings. The second-order valence-corrected chi connectivity index (χ2v) is 5.44. The zero-order valence-electron chi connectivity index (χ0n) is 11.2. The molecule has 0 saturated carbocycles. The second-order valence-electron chi connectivity index (χ2n) is 5.44. The van der Waals surface area contributed by atoms with Gasteiger partial charge in [-0.2, -0.15) is 0 Å². The van der Waals surface area contributed by atoms with Crippen LogP contribution >= 0.6 is 0 Å². The zero-order valence-corrected chi connectivity index (χ0v) is 11.2. The largest absolute Gasteiger partial charge is 0.399 e. The first kappa shape index (κ1) is 13.8. The summed E-state index contributed by atoms with van der Waals surface area (Å²) < 4.78 is 0. The number of nitrogens with one attached hydrogen (secondary N) is 1. The number of hydrogen-bond acceptors (Lipinski definition) is 4. The maximum Gasteiger partial charge on any atom is 0.225 e. The van der Waals surface area contributed by atoms with Crippen LogP contribution in [0.2, 0.25) is 0 Å². The van der Waals surface area contributed by atoms with E-state index in [-0.39, 0.29) is 5.91 Å². The van der Waals surface area contributed by atoms with Crippen LogP contribution in [-0.2, 0) is 4.79 Å². The fraction of sp³-hybridized carbons (Fsp3) is 0.500. The first-order valence-electron chi connectivity index (χ1n) is 6.55. The molecule has 5 nitrogen and oxygen atoms in total. The molecule has 1 unspecified atom stereocenters. The molecule has 1 aliphatic heterocycles. The molecule has 0 spiro atoms. The molecule has 1 heterocycles. The summed E-state index contributed by atoms with van der Waals surface area (Å²) in [4.78, 5) is 13.9. The Labute approximate surface area is 113 Å². The topological polar surface area (TPSA) is 78.6 Å². The maximum absolute atomic E-state index is 11.8. The van der Waals surface area contributed by atoms with Crippen molar-refractivity contribution in [3.63, 3.8) is 0 Å². The van der Waals surface area contributed by atoms with Gasteiger partial charge in [-0.15, -0.1) is 0 Å². The molecular weight excluding hydrogens is 242 g/mol. The van der Waals surface area contributed by atoms with Gasteiger partial charge in [-0.3, -0.25) is 9.69 Å². The number of likely N-dealkylation sites (tertiary alicyclic amines) is 1. The number of β-amino-alcohol motifs (C(OH)–C–C–N with tert-alkyl or cyclic N) is 1. The molecule has 2 rings (SSSR count). The normalized spacial score (nSPS) is 23.5. The van der Waals surface area contributed by atoms with Crippen molar-refractivity contribution < 1.29 is 9.90 Å². The molecule has 4 N–H and O–H groups in total. The molecule has 1 aliphatic rings. The van der Waals surface area contributed by atoms with Crippen LogP contribution in [0, 0.1) is 0 Å². The molecule has 0 aromatic heterocycles. The summed E-state index contributed by atoms with van der Waals surface area (Å²) >= 11 is 0. The Balaban J connectivity index is 1.75. The molecular formula is C14H21N3O2. The molecule has 0 radical (unpaired) electrons. The smallest absolute Gasteiger partial charge is 0.225 e. The third-order valence-corrected chi connectivity index (χ3v) is 3.38. The number of nitrogens with zero attached hydrogens (tertiary/aromatic N) is 1. The summed E-state index contributed by atoms with van der Waals surface area (Å²) in [5, 5.41) is 12.7. The third kappa shape index (κ3) is 4.22. The Kier molecular flexibility index (Phi) is 4.07. The number of aliphatic hydroxyl groups is 1. The van der Waals surface area contributed by atoms with Crippen LogP contribution in [0.25, 0.3) is 0 Å². The number of nitrogen functional groups attached to an aromatic ring is 1. The summed E-state index contributed by atoms with van der Waals surface area (Å²) in [7, 11) is 0. The highest BCUT2D eigenvalue weighted by Gasteiger charge is 2.30. The van der Waals surface area contributed by atoms with E-state index in [0.29, 0.717) is 25.2 Å². The fourth-order valence-corrected chi connectivity index (χ4v) is 2.28. The highest BCUT2D eigenvalue weighted by molar-refractivity contribution is 5.90. The highest BCUT2D eigenvalue weighted by atomic mass is 16.3. The van der Waals surface area contributed by atoms with E-state index < -0.39 is 5.60 Å². The van der Waals surface area contributed by atoms with Crippen LogP contribution < -0.4 is 11.1 Å². The molecule has 19 heavy (non-hydrogen) atoms. The van der Waals surface area contributed by atoms with Crippen LogP contribution in [0.4, 0.5) is 11.4 Å². The Bertz CT molecular complexity index is 443. The third-order valence-electron chi connectivity index (χ3n) is 3.38. The van der Waals surface area contributed by atoms with Crippen LogP contribution in [0.15, 0.2) is 24.3 Å². The highest BCUT2D eigenvalue weighted by Crippen LogP contribution is 2.20. The van der Waals surface area contributed by atoms with E-state index in [4.69, 9.17) is 5.73 Å². The van der Waals surface area contributed by atoms with E-state index in [2.05, 4.69) is 10.2 Å². The van der Waals surface area contributed by atoms with E-state index in [0.717, 1.165) is 18.7 Å². The average Bonchev–Trinajstić information content (AvgIpc) is 2.69. The van der Waals surface area contributed by atoms with Gasteiger partial charge in [0, 0.05) is 37.4 Å². The lowest BCUT2D eigenvalue weighted by atomic mass is 10.1. The molecule has 1 saturated heterocycles. The minimum Gasteiger partial charge on any atom is -0.399 e. The predicted molar refractivity (Wildman–Crippen MR) is 75.8 cm³/mol. The number of hydrogen-bond donors (Lipinski definition) is 3.